The molecule has 298 valence electrons. The largest absolute Gasteiger partial charge is 0.310 e. The van der Waals surface area contributed by atoms with Gasteiger partial charge in [0.15, 0.2) is 0 Å². The van der Waals surface area contributed by atoms with E-state index in [0.29, 0.717) is 0 Å². The van der Waals surface area contributed by atoms with E-state index >= 15 is 0 Å². The number of rotatable bonds is 4. The lowest BCUT2D eigenvalue weighted by molar-refractivity contribution is 0.563. The first-order valence-electron chi connectivity index (χ1n) is 22.2. The number of benzene rings is 9. The van der Waals surface area contributed by atoms with Gasteiger partial charge in [-0.05, 0) is 150 Å². The van der Waals surface area contributed by atoms with Crippen LogP contribution in [0.3, 0.4) is 0 Å². The molecule has 3 aliphatic rings. The van der Waals surface area contributed by atoms with Crippen molar-refractivity contribution in [3.63, 3.8) is 0 Å². The van der Waals surface area contributed by atoms with E-state index in [1.165, 1.54) is 111 Å². The quantitative estimate of drug-likeness (QED) is 0.171. The van der Waals surface area contributed by atoms with Gasteiger partial charge in [-0.25, -0.2) is 0 Å². The Bertz CT molecular complexity index is 3260. The SMILES string of the molecule is Cc1cc(-c2cccc3ccccc23)cc(C)c1N(c1ccc2c(c1)C(C)(C)c1ccccc1-2)c1ccc2c(c1)C1(c3ccccc3-2)c2ccccc2C(C)(C)c2ccccc21. The maximum Gasteiger partial charge on any atom is 0.0720 e. The summed E-state index contributed by atoms with van der Waals surface area (Å²) in [6.07, 6.45) is 0. The third-order valence-electron chi connectivity index (χ3n) is 14.9. The van der Waals surface area contributed by atoms with Crippen molar-refractivity contribution in [2.45, 2.75) is 57.8 Å². The van der Waals surface area contributed by atoms with Crippen LogP contribution in [0.1, 0.15) is 83.3 Å². The van der Waals surface area contributed by atoms with Crippen LogP contribution in [0, 0.1) is 13.8 Å². The number of hydrogen-bond acceptors (Lipinski definition) is 1. The number of nitrogens with zero attached hydrogens (tertiary/aromatic N) is 1. The average Bonchev–Trinajstić information content (AvgIpc) is 3.71. The Labute approximate surface area is 366 Å². The van der Waals surface area contributed by atoms with Crippen LogP contribution in [0.2, 0.25) is 0 Å². The number of anilines is 3. The molecule has 0 aliphatic heterocycles. The zero-order valence-corrected chi connectivity index (χ0v) is 36.3. The van der Waals surface area contributed by atoms with Crippen molar-refractivity contribution < 1.29 is 0 Å². The second kappa shape index (κ2) is 13.0. The van der Waals surface area contributed by atoms with E-state index in [0.717, 1.165) is 5.69 Å². The van der Waals surface area contributed by atoms with E-state index in [9.17, 15) is 0 Å². The highest BCUT2D eigenvalue weighted by molar-refractivity contribution is 5.98. The molecule has 0 fully saturated rings. The Hall–Kier alpha value is -6.96. The van der Waals surface area contributed by atoms with Gasteiger partial charge >= 0.3 is 0 Å². The monoisotopic (exact) mass is 795 g/mol. The van der Waals surface area contributed by atoms with E-state index in [-0.39, 0.29) is 10.8 Å². The van der Waals surface area contributed by atoms with Crippen molar-refractivity contribution in [3.05, 3.63) is 244 Å². The van der Waals surface area contributed by atoms with Crippen LogP contribution in [-0.2, 0) is 16.2 Å². The topological polar surface area (TPSA) is 3.24 Å². The first kappa shape index (κ1) is 36.9. The predicted octanol–water partition coefficient (Wildman–Crippen LogP) is 15.9. The fraction of sp³-hybridized carbons (Fsp3) is 0.148. The van der Waals surface area contributed by atoms with Gasteiger partial charge in [-0.2, -0.15) is 0 Å². The lowest BCUT2D eigenvalue weighted by Gasteiger charge is -2.46. The van der Waals surface area contributed by atoms with Crippen LogP contribution in [0.15, 0.2) is 188 Å². The molecule has 1 nitrogen and oxygen atoms in total. The molecule has 0 unspecified atom stereocenters. The summed E-state index contributed by atoms with van der Waals surface area (Å²) in [6.45, 7) is 14.2. The van der Waals surface area contributed by atoms with Gasteiger partial charge < -0.3 is 4.90 Å². The standard InChI is InChI=1S/C61H49N/c1-38-34-41(45-23-17-19-40-18-7-8-20-44(40)45)35-39(2)58(38)62(42-30-32-48-46-21-9-11-24-50(46)59(3,4)56(48)36-42)43-31-33-49-47-22-10-12-25-51(47)61(57(49)37-43)54-28-15-13-26-52(54)60(5,6)53-27-14-16-29-55(53)61/h7-37H,1-6H3. The van der Waals surface area contributed by atoms with Gasteiger partial charge in [-0.3, -0.25) is 0 Å². The Morgan fingerprint density at radius 3 is 1.42 bits per heavy atom. The molecular formula is C61H49N. The lowest BCUT2D eigenvalue weighted by atomic mass is 9.55. The van der Waals surface area contributed by atoms with Crippen molar-refractivity contribution in [1.82, 2.24) is 0 Å². The molecule has 0 amide bonds. The Morgan fingerprint density at radius 1 is 0.339 bits per heavy atom. The van der Waals surface area contributed by atoms with Gasteiger partial charge in [-0.1, -0.05) is 179 Å². The maximum absolute atomic E-state index is 2.57. The number of aryl methyl sites for hydroxylation is 2. The summed E-state index contributed by atoms with van der Waals surface area (Å²) in [5.74, 6) is 0. The highest BCUT2D eigenvalue weighted by atomic mass is 15.1. The van der Waals surface area contributed by atoms with Crippen LogP contribution in [0.25, 0.3) is 44.2 Å². The van der Waals surface area contributed by atoms with Crippen molar-refractivity contribution in [1.29, 1.82) is 0 Å². The molecule has 0 aromatic heterocycles. The first-order valence-corrected chi connectivity index (χ1v) is 22.2. The third kappa shape index (κ3) is 4.85. The van der Waals surface area contributed by atoms with Crippen molar-refractivity contribution in [3.8, 4) is 33.4 Å². The van der Waals surface area contributed by atoms with Crippen LogP contribution < -0.4 is 4.90 Å². The van der Waals surface area contributed by atoms with Crippen LogP contribution in [-0.4, -0.2) is 0 Å². The molecule has 0 N–H and O–H groups in total. The third-order valence-corrected chi connectivity index (χ3v) is 14.9. The normalized spacial score (nSPS) is 15.3. The van der Waals surface area contributed by atoms with Gasteiger partial charge in [0, 0.05) is 22.2 Å². The summed E-state index contributed by atoms with van der Waals surface area (Å²) in [7, 11) is 0. The fourth-order valence-electron chi connectivity index (χ4n) is 12.2. The van der Waals surface area contributed by atoms with Crippen LogP contribution in [0.4, 0.5) is 17.1 Å². The van der Waals surface area contributed by atoms with Gasteiger partial charge in [0.2, 0.25) is 0 Å². The summed E-state index contributed by atoms with van der Waals surface area (Å²) in [5.41, 5.74) is 24.0. The molecule has 1 spiro atoms. The Balaban J connectivity index is 1.13. The molecule has 0 atom stereocenters. The second-order valence-corrected chi connectivity index (χ2v) is 19.0. The Morgan fingerprint density at radius 2 is 0.774 bits per heavy atom. The minimum Gasteiger partial charge on any atom is -0.310 e. The summed E-state index contributed by atoms with van der Waals surface area (Å²) in [6, 6.07) is 71.4. The predicted molar refractivity (Wildman–Crippen MR) is 261 cm³/mol. The average molecular weight is 796 g/mol. The molecule has 1 heteroatoms. The molecule has 0 radical (unpaired) electrons. The molecule has 12 rings (SSSR count). The van der Waals surface area contributed by atoms with Gasteiger partial charge in [0.05, 0.1) is 11.1 Å². The minimum atomic E-state index is -0.486. The summed E-state index contributed by atoms with van der Waals surface area (Å²) in [5, 5.41) is 2.54. The number of fused-ring (bicyclic) bond motifs is 13. The maximum atomic E-state index is 2.57. The highest BCUT2D eigenvalue weighted by Gasteiger charge is 2.53. The van der Waals surface area contributed by atoms with E-state index in [1.807, 2.05) is 0 Å². The fourth-order valence-corrected chi connectivity index (χ4v) is 12.2. The Kier molecular flexibility index (Phi) is 7.74. The summed E-state index contributed by atoms with van der Waals surface area (Å²) >= 11 is 0. The molecule has 0 saturated carbocycles. The second-order valence-electron chi connectivity index (χ2n) is 19.0. The smallest absolute Gasteiger partial charge is 0.0720 e. The van der Waals surface area contributed by atoms with Gasteiger partial charge in [0.1, 0.15) is 0 Å². The van der Waals surface area contributed by atoms with E-state index in [1.54, 1.807) is 0 Å². The highest BCUT2D eigenvalue weighted by Crippen LogP contribution is 2.63. The summed E-state index contributed by atoms with van der Waals surface area (Å²) < 4.78 is 0. The van der Waals surface area contributed by atoms with Gasteiger partial charge in [0.25, 0.3) is 0 Å². The van der Waals surface area contributed by atoms with Crippen molar-refractivity contribution >= 4 is 27.8 Å². The van der Waals surface area contributed by atoms with E-state index in [2.05, 4.69) is 234 Å². The molecule has 62 heavy (non-hydrogen) atoms. The summed E-state index contributed by atoms with van der Waals surface area (Å²) in [4.78, 5) is 2.57. The molecule has 9 aromatic carbocycles. The number of hydrogen-bond donors (Lipinski definition) is 0. The van der Waals surface area contributed by atoms with E-state index < -0.39 is 5.41 Å². The molecule has 9 aromatic rings. The lowest BCUT2D eigenvalue weighted by Crippen LogP contribution is -2.40. The molecule has 0 heterocycles. The molecule has 0 saturated heterocycles. The van der Waals surface area contributed by atoms with Crippen LogP contribution >= 0.6 is 0 Å². The van der Waals surface area contributed by atoms with Crippen molar-refractivity contribution in [2.24, 2.45) is 0 Å². The van der Waals surface area contributed by atoms with Crippen LogP contribution in [0.5, 0.6) is 0 Å². The zero-order chi connectivity index (χ0) is 42.1. The van der Waals surface area contributed by atoms with E-state index in [4.69, 9.17) is 0 Å². The molecule has 0 bridgehead atoms. The van der Waals surface area contributed by atoms with Crippen molar-refractivity contribution in [2.75, 3.05) is 4.90 Å². The molecule has 3 aliphatic carbocycles. The zero-order valence-electron chi connectivity index (χ0n) is 36.3. The van der Waals surface area contributed by atoms with Gasteiger partial charge in [-0.15, -0.1) is 0 Å². The first-order chi connectivity index (χ1) is 30.1. The molecular weight excluding hydrogens is 747 g/mol. The minimum absolute atomic E-state index is 0.137.